The smallest absolute Gasteiger partial charge is 0.234 e. The number of nitrogens with one attached hydrogen (secondary N) is 1. The number of nitrogens with zero attached hydrogens (tertiary/aromatic N) is 2. The normalized spacial score (nSPS) is 10.6. The van der Waals surface area contributed by atoms with Crippen molar-refractivity contribution < 1.29 is 14.3 Å². The van der Waals surface area contributed by atoms with Crippen LogP contribution in [0.1, 0.15) is 11.4 Å². The fraction of sp³-hybridized carbons (Fsp3) is 0.353. The highest BCUT2D eigenvalue weighted by molar-refractivity contribution is 7.99. The van der Waals surface area contributed by atoms with E-state index in [1.54, 1.807) is 25.3 Å². The highest BCUT2D eigenvalue weighted by atomic mass is 35.5. The molecule has 8 heteroatoms. The number of anilines is 1. The van der Waals surface area contributed by atoms with Gasteiger partial charge in [-0.2, -0.15) is 0 Å². The summed E-state index contributed by atoms with van der Waals surface area (Å²) < 4.78 is 10.6. The number of carbonyl (C=O) groups excluding carboxylic acids is 1. The maximum atomic E-state index is 12.2. The number of rotatable bonds is 8. The standard InChI is InChI=1S/C17H20ClN3O3S/c1-11-9-12(2)20-17(19-11)25-10-15(22)21-14-6-4-5-13(18)16(14)24-8-7-23-3/h4-6,9H,7-8,10H2,1-3H3,(H,21,22). The van der Waals surface area contributed by atoms with Crippen molar-refractivity contribution in [1.29, 1.82) is 0 Å². The Morgan fingerprint density at radius 2 is 1.96 bits per heavy atom. The van der Waals surface area contributed by atoms with Gasteiger partial charge in [0.2, 0.25) is 5.91 Å². The van der Waals surface area contributed by atoms with E-state index in [1.165, 1.54) is 11.8 Å². The van der Waals surface area contributed by atoms with Crippen LogP contribution in [0.15, 0.2) is 29.4 Å². The zero-order valence-corrected chi connectivity index (χ0v) is 15.9. The van der Waals surface area contributed by atoms with Crippen LogP contribution in [0.25, 0.3) is 0 Å². The molecule has 1 aromatic carbocycles. The molecule has 0 saturated heterocycles. The molecule has 1 heterocycles. The first-order chi connectivity index (χ1) is 12.0. The van der Waals surface area contributed by atoms with Crippen LogP contribution in [0.5, 0.6) is 5.75 Å². The minimum atomic E-state index is -0.188. The molecule has 0 saturated carbocycles. The fourth-order valence-corrected chi connectivity index (χ4v) is 3.03. The van der Waals surface area contributed by atoms with Gasteiger partial charge in [0, 0.05) is 18.5 Å². The number of hydrogen-bond donors (Lipinski definition) is 1. The third-order valence-electron chi connectivity index (χ3n) is 3.07. The molecule has 2 rings (SSSR count). The second-order valence-corrected chi connectivity index (χ2v) is 6.58. The Hall–Kier alpha value is -1.83. The van der Waals surface area contributed by atoms with Gasteiger partial charge in [-0.15, -0.1) is 0 Å². The number of aromatic nitrogens is 2. The SMILES string of the molecule is COCCOc1c(Cl)cccc1NC(=O)CSc1nc(C)cc(C)n1. The molecule has 25 heavy (non-hydrogen) atoms. The molecular formula is C17H20ClN3O3S. The summed E-state index contributed by atoms with van der Waals surface area (Å²) >= 11 is 7.44. The molecule has 1 N–H and O–H groups in total. The van der Waals surface area contributed by atoms with Crippen molar-refractivity contribution in [3.8, 4) is 5.75 Å². The molecule has 0 radical (unpaired) electrons. The maximum absolute atomic E-state index is 12.2. The van der Waals surface area contributed by atoms with Crippen molar-refractivity contribution in [3.05, 3.63) is 40.7 Å². The molecule has 1 aromatic heterocycles. The highest BCUT2D eigenvalue weighted by Crippen LogP contribution is 2.33. The molecule has 0 unspecified atom stereocenters. The lowest BCUT2D eigenvalue weighted by Crippen LogP contribution is -2.16. The van der Waals surface area contributed by atoms with Crippen molar-refractivity contribution >= 4 is 35.0 Å². The van der Waals surface area contributed by atoms with Gasteiger partial charge in [0.1, 0.15) is 6.61 Å². The van der Waals surface area contributed by atoms with Crippen LogP contribution in [0.4, 0.5) is 5.69 Å². The van der Waals surface area contributed by atoms with Crippen molar-refractivity contribution in [2.45, 2.75) is 19.0 Å². The van der Waals surface area contributed by atoms with Gasteiger partial charge >= 0.3 is 0 Å². The van der Waals surface area contributed by atoms with Gasteiger partial charge in [-0.25, -0.2) is 9.97 Å². The summed E-state index contributed by atoms with van der Waals surface area (Å²) in [6, 6.07) is 7.09. The van der Waals surface area contributed by atoms with E-state index < -0.39 is 0 Å². The molecule has 6 nitrogen and oxygen atoms in total. The van der Waals surface area contributed by atoms with Crippen molar-refractivity contribution in [1.82, 2.24) is 9.97 Å². The molecule has 0 aliphatic rings. The Morgan fingerprint density at radius 3 is 2.64 bits per heavy atom. The largest absolute Gasteiger partial charge is 0.487 e. The summed E-state index contributed by atoms with van der Waals surface area (Å²) in [6.07, 6.45) is 0. The van der Waals surface area contributed by atoms with Gasteiger partial charge in [-0.1, -0.05) is 29.4 Å². The number of amides is 1. The fourth-order valence-electron chi connectivity index (χ4n) is 2.06. The highest BCUT2D eigenvalue weighted by Gasteiger charge is 2.12. The minimum absolute atomic E-state index is 0.187. The lowest BCUT2D eigenvalue weighted by Gasteiger charge is -2.13. The maximum Gasteiger partial charge on any atom is 0.234 e. The average molecular weight is 382 g/mol. The van der Waals surface area contributed by atoms with Gasteiger partial charge in [-0.05, 0) is 32.0 Å². The Labute approximate surface area is 156 Å². The molecule has 0 aliphatic heterocycles. The second kappa shape index (κ2) is 9.60. The first-order valence-corrected chi connectivity index (χ1v) is 9.01. The number of thioether (sulfide) groups is 1. The molecule has 134 valence electrons. The Morgan fingerprint density at radius 1 is 1.24 bits per heavy atom. The molecule has 0 fully saturated rings. The number of carbonyl (C=O) groups is 1. The Kier molecular flexibility index (Phi) is 7.49. The lowest BCUT2D eigenvalue weighted by atomic mass is 10.3. The summed E-state index contributed by atoms with van der Waals surface area (Å²) in [5, 5.41) is 3.82. The average Bonchev–Trinajstić information content (AvgIpc) is 2.55. The third kappa shape index (κ3) is 6.19. The summed E-state index contributed by atoms with van der Waals surface area (Å²) in [7, 11) is 1.59. The van der Waals surface area contributed by atoms with E-state index >= 15 is 0 Å². The van der Waals surface area contributed by atoms with Crippen LogP contribution in [0.2, 0.25) is 5.02 Å². The van der Waals surface area contributed by atoms with Crippen LogP contribution in [-0.4, -0.2) is 42.0 Å². The number of hydrogen-bond acceptors (Lipinski definition) is 6. The number of halogens is 1. The Bertz CT molecular complexity index is 723. The second-order valence-electron chi connectivity index (χ2n) is 5.23. The minimum Gasteiger partial charge on any atom is -0.487 e. The zero-order chi connectivity index (χ0) is 18.2. The third-order valence-corrected chi connectivity index (χ3v) is 4.21. The topological polar surface area (TPSA) is 73.3 Å². The van der Waals surface area contributed by atoms with Crippen LogP contribution in [0, 0.1) is 13.8 Å². The number of benzene rings is 1. The first-order valence-electron chi connectivity index (χ1n) is 7.64. The molecule has 1 amide bonds. The molecular weight excluding hydrogens is 362 g/mol. The van der Waals surface area contributed by atoms with Gasteiger partial charge in [-0.3, -0.25) is 4.79 Å². The summed E-state index contributed by atoms with van der Waals surface area (Å²) in [6.45, 7) is 4.57. The Balaban J connectivity index is 1.99. The number of ether oxygens (including phenoxy) is 2. The summed E-state index contributed by atoms with van der Waals surface area (Å²) in [4.78, 5) is 20.9. The van der Waals surface area contributed by atoms with Crippen molar-refractivity contribution in [2.24, 2.45) is 0 Å². The van der Waals surface area contributed by atoms with E-state index in [2.05, 4.69) is 15.3 Å². The van der Waals surface area contributed by atoms with E-state index in [1.807, 2.05) is 19.9 Å². The monoisotopic (exact) mass is 381 g/mol. The summed E-state index contributed by atoms with van der Waals surface area (Å²) in [5.41, 5.74) is 2.27. The van der Waals surface area contributed by atoms with E-state index in [-0.39, 0.29) is 11.7 Å². The van der Waals surface area contributed by atoms with Gasteiger partial charge in [0.05, 0.1) is 23.1 Å². The molecule has 0 bridgehead atoms. The van der Waals surface area contributed by atoms with E-state index in [0.29, 0.717) is 34.8 Å². The molecule has 2 aromatic rings. The van der Waals surface area contributed by atoms with Crippen LogP contribution >= 0.6 is 23.4 Å². The number of para-hydroxylation sites is 1. The number of aryl methyl sites for hydroxylation is 2. The van der Waals surface area contributed by atoms with E-state index in [4.69, 9.17) is 21.1 Å². The van der Waals surface area contributed by atoms with Crippen LogP contribution in [0.3, 0.4) is 0 Å². The van der Waals surface area contributed by atoms with E-state index in [0.717, 1.165) is 11.4 Å². The van der Waals surface area contributed by atoms with Crippen molar-refractivity contribution in [3.63, 3.8) is 0 Å². The van der Waals surface area contributed by atoms with E-state index in [9.17, 15) is 4.79 Å². The molecule has 0 spiro atoms. The lowest BCUT2D eigenvalue weighted by molar-refractivity contribution is -0.113. The van der Waals surface area contributed by atoms with Gasteiger partial charge in [0.15, 0.2) is 10.9 Å². The predicted molar refractivity (Wildman–Crippen MR) is 99.7 cm³/mol. The predicted octanol–water partition coefficient (Wildman–Crippen LogP) is 3.50. The molecule has 0 aliphatic carbocycles. The summed E-state index contributed by atoms with van der Waals surface area (Å²) in [5.74, 6) is 0.432. The quantitative estimate of drug-likeness (QED) is 0.428. The number of methoxy groups -OCH3 is 1. The van der Waals surface area contributed by atoms with Crippen LogP contribution in [-0.2, 0) is 9.53 Å². The first kappa shape index (κ1) is 19.5. The van der Waals surface area contributed by atoms with Crippen molar-refractivity contribution in [2.75, 3.05) is 31.4 Å². The molecule has 0 atom stereocenters. The van der Waals surface area contributed by atoms with Gasteiger partial charge < -0.3 is 14.8 Å². The zero-order valence-electron chi connectivity index (χ0n) is 14.3. The van der Waals surface area contributed by atoms with Gasteiger partial charge in [0.25, 0.3) is 0 Å². The van der Waals surface area contributed by atoms with Crippen LogP contribution < -0.4 is 10.1 Å².